The van der Waals surface area contributed by atoms with Gasteiger partial charge in [0.2, 0.25) is 0 Å². The summed E-state index contributed by atoms with van der Waals surface area (Å²) in [6.07, 6.45) is 0.775. The van der Waals surface area contributed by atoms with Gasteiger partial charge in [-0.3, -0.25) is 9.59 Å². The maximum atomic E-state index is 13.3. The molecule has 2 aromatic carbocycles. The summed E-state index contributed by atoms with van der Waals surface area (Å²) in [5.74, 6) is -1.40. The van der Waals surface area contributed by atoms with E-state index < -0.39 is 11.6 Å². The molecular formula is C14H6Cl2F2O2. The Balaban J connectivity index is 2.88. The number of rotatable bonds is 3. The van der Waals surface area contributed by atoms with Crippen molar-refractivity contribution in [2.24, 2.45) is 0 Å². The van der Waals surface area contributed by atoms with E-state index in [4.69, 9.17) is 23.2 Å². The van der Waals surface area contributed by atoms with Crippen molar-refractivity contribution in [3.63, 3.8) is 0 Å². The summed E-state index contributed by atoms with van der Waals surface area (Å²) in [5, 5.41) is -0.188. The van der Waals surface area contributed by atoms with Crippen LogP contribution in [-0.2, 0) is 0 Å². The second-order valence-corrected chi connectivity index (χ2v) is 4.75. The molecule has 0 aliphatic rings. The van der Waals surface area contributed by atoms with E-state index in [1.165, 1.54) is 0 Å². The van der Waals surface area contributed by atoms with Gasteiger partial charge in [0.05, 0.1) is 10.0 Å². The van der Waals surface area contributed by atoms with Crippen molar-refractivity contribution in [2.45, 2.75) is 0 Å². The lowest BCUT2D eigenvalue weighted by Crippen LogP contribution is -1.97. The minimum Gasteiger partial charge on any atom is -0.298 e. The summed E-state index contributed by atoms with van der Waals surface area (Å²) >= 11 is 11.8. The van der Waals surface area contributed by atoms with E-state index >= 15 is 0 Å². The number of carbonyl (C=O) groups excluding carboxylic acids is 2. The monoisotopic (exact) mass is 314 g/mol. The Hall–Kier alpha value is -1.78. The smallest absolute Gasteiger partial charge is 0.150 e. The maximum absolute atomic E-state index is 13.3. The predicted octanol–water partition coefficient (Wildman–Crippen LogP) is 4.56. The molecule has 0 radical (unpaired) electrons. The molecule has 2 aromatic rings. The zero-order valence-electron chi connectivity index (χ0n) is 9.79. The Kier molecular flexibility index (Phi) is 4.16. The largest absolute Gasteiger partial charge is 0.298 e. The molecule has 2 rings (SSSR count). The van der Waals surface area contributed by atoms with E-state index in [1.54, 1.807) is 0 Å². The SMILES string of the molecule is O=Cc1cc(F)cc(Cl)c1-c1c(Cl)cc(F)cc1C=O. The second kappa shape index (κ2) is 5.69. The highest BCUT2D eigenvalue weighted by atomic mass is 35.5. The van der Waals surface area contributed by atoms with Crippen LogP contribution in [0.15, 0.2) is 24.3 Å². The van der Waals surface area contributed by atoms with Crippen LogP contribution in [0.2, 0.25) is 10.0 Å². The fraction of sp³-hybridized carbons (Fsp3) is 0. The number of benzene rings is 2. The van der Waals surface area contributed by atoms with Crippen molar-refractivity contribution in [3.05, 3.63) is 57.1 Å². The lowest BCUT2D eigenvalue weighted by molar-refractivity contribution is 0.111. The number of hydrogen-bond acceptors (Lipinski definition) is 2. The van der Waals surface area contributed by atoms with Gasteiger partial charge in [0.1, 0.15) is 11.6 Å². The van der Waals surface area contributed by atoms with Crippen LogP contribution < -0.4 is 0 Å². The van der Waals surface area contributed by atoms with Crippen molar-refractivity contribution in [3.8, 4) is 11.1 Å². The molecule has 6 heteroatoms. The van der Waals surface area contributed by atoms with Gasteiger partial charge in [-0.15, -0.1) is 0 Å². The molecule has 0 aliphatic carbocycles. The first-order valence-electron chi connectivity index (χ1n) is 5.36. The van der Waals surface area contributed by atoms with E-state index in [2.05, 4.69) is 0 Å². The molecule has 0 N–H and O–H groups in total. The molecule has 0 amide bonds. The van der Waals surface area contributed by atoms with Crippen molar-refractivity contribution >= 4 is 35.8 Å². The van der Waals surface area contributed by atoms with E-state index in [-0.39, 0.29) is 32.3 Å². The predicted molar refractivity (Wildman–Crippen MR) is 72.6 cm³/mol. The molecule has 0 spiro atoms. The van der Waals surface area contributed by atoms with Crippen LogP contribution in [0.25, 0.3) is 11.1 Å². The molecule has 0 bridgehead atoms. The molecule has 0 aliphatic heterocycles. The third-order valence-electron chi connectivity index (χ3n) is 2.67. The molecule has 0 heterocycles. The van der Waals surface area contributed by atoms with Crippen molar-refractivity contribution in [1.29, 1.82) is 0 Å². The second-order valence-electron chi connectivity index (χ2n) is 3.94. The topological polar surface area (TPSA) is 34.1 Å². The minimum absolute atomic E-state index is 0.0772. The molecular weight excluding hydrogens is 309 g/mol. The Morgan fingerprint density at radius 2 is 1.10 bits per heavy atom. The number of halogens is 4. The van der Waals surface area contributed by atoms with E-state index in [0.29, 0.717) is 12.6 Å². The van der Waals surface area contributed by atoms with Gasteiger partial charge < -0.3 is 0 Å². The molecule has 0 aromatic heterocycles. The molecule has 0 atom stereocenters. The average Bonchev–Trinajstić information content (AvgIpc) is 2.38. The van der Waals surface area contributed by atoms with Gasteiger partial charge in [-0.1, -0.05) is 23.2 Å². The average molecular weight is 315 g/mol. The Morgan fingerprint density at radius 3 is 1.40 bits per heavy atom. The van der Waals surface area contributed by atoms with Crippen molar-refractivity contribution < 1.29 is 18.4 Å². The van der Waals surface area contributed by atoms with Gasteiger partial charge in [-0.2, -0.15) is 0 Å². The van der Waals surface area contributed by atoms with E-state index in [0.717, 1.165) is 24.3 Å². The van der Waals surface area contributed by atoms with Gasteiger partial charge >= 0.3 is 0 Å². The van der Waals surface area contributed by atoms with Crippen LogP contribution in [0.1, 0.15) is 20.7 Å². The van der Waals surface area contributed by atoms with E-state index in [1.807, 2.05) is 0 Å². The number of carbonyl (C=O) groups is 2. The van der Waals surface area contributed by atoms with Crippen molar-refractivity contribution in [2.75, 3.05) is 0 Å². The highest BCUT2D eigenvalue weighted by Crippen LogP contribution is 2.38. The molecule has 20 heavy (non-hydrogen) atoms. The van der Waals surface area contributed by atoms with Gasteiger partial charge in [0.15, 0.2) is 12.6 Å². The normalized spacial score (nSPS) is 10.4. The molecule has 2 nitrogen and oxygen atoms in total. The van der Waals surface area contributed by atoms with Gasteiger partial charge in [-0.25, -0.2) is 8.78 Å². The van der Waals surface area contributed by atoms with Crippen LogP contribution in [-0.4, -0.2) is 12.6 Å². The quantitative estimate of drug-likeness (QED) is 0.778. The Labute approximate surface area is 122 Å². The lowest BCUT2D eigenvalue weighted by atomic mass is 9.96. The summed E-state index contributed by atoms with van der Waals surface area (Å²) in [6.45, 7) is 0. The van der Waals surface area contributed by atoms with Crippen LogP contribution in [0.5, 0.6) is 0 Å². The van der Waals surface area contributed by atoms with Crippen LogP contribution in [0.3, 0.4) is 0 Å². The maximum Gasteiger partial charge on any atom is 0.150 e. The van der Waals surface area contributed by atoms with E-state index in [9.17, 15) is 18.4 Å². The standard InChI is InChI=1S/C14H6Cl2F2O2/c15-11-3-9(17)1-7(5-19)13(11)14-8(6-20)2-10(18)4-12(14)16/h1-6H. The summed E-state index contributed by atoms with van der Waals surface area (Å²) < 4.78 is 26.5. The van der Waals surface area contributed by atoms with Gasteiger partial charge in [0.25, 0.3) is 0 Å². The zero-order valence-corrected chi connectivity index (χ0v) is 11.3. The number of aldehydes is 2. The molecule has 0 fully saturated rings. The molecule has 102 valence electrons. The number of hydrogen-bond donors (Lipinski definition) is 0. The highest BCUT2D eigenvalue weighted by molar-refractivity contribution is 6.37. The first kappa shape index (κ1) is 14.6. The molecule has 0 saturated carbocycles. The highest BCUT2D eigenvalue weighted by Gasteiger charge is 2.19. The third kappa shape index (κ3) is 2.57. The fourth-order valence-electron chi connectivity index (χ4n) is 1.90. The Morgan fingerprint density at radius 1 is 0.750 bits per heavy atom. The zero-order chi connectivity index (χ0) is 14.9. The third-order valence-corrected chi connectivity index (χ3v) is 3.27. The van der Waals surface area contributed by atoms with Crippen LogP contribution >= 0.6 is 23.2 Å². The summed E-state index contributed by atoms with van der Waals surface area (Å²) in [6, 6.07) is 3.89. The summed E-state index contributed by atoms with van der Waals surface area (Å²) in [7, 11) is 0. The van der Waals surface area contributed by atoms with Gasteiger partial charge in [-0.05, 0) is 24.3 Å². The Bertz CT molecular complexity index is 653. The van der Waals surface area contributed by atoms with Crippen LogP contribution in [0.4, 0.5) is 8.78 Å². The fourth-order valence-corrected chi connectivity index (χ4v) is 2.52. The molecule has 0 saturated heterocycles. The summed E-state index contributed by atoms with van der Waals surface area (Å²) in [4.78, 5) is 22.1. The first-order chi connectivity index (χ1) is 9.47. The minimum atomic E-state index is -0.702. The van der Waals surface area contributed by atoms with Crippen molar-refractivity contribution in [1.82, 2.24) is 0 Å². The molecule has 0 unspecified atom stereocenters. The summed E-state index contributed by atoms with van der Waals surface area (Å²) in [5.41, 5.74) is 0.0311. The first-order valence-corrected chi connectivity index (χ1v) is 6.12. The van der Waals surface area contributed by atoms with Gasteiger partial charge in [0, 0.05) is 22.3 Å². The van der Waals surface area contributed by atoms with Crippen LogP contribution in [0, 0.1) is 11.6 Å². The lowest BCUT2D eigenvalue weighted by Gasteiger charge is -2.12.